The van der Waals surface area contributed by atoms with Crippen LogP contribution >= 0.6 is 0 Å². The lowest BCUT2D eigenvalue weighted by Crippen LogP contribution is -2.41. The average Bonchev–Trinajstić information content (AvgIpc) is 3.33. The van der Waals surface area contributed by atoms with Crippen LogP contribution in [0.15, 0.2) is 24.3 Å². The number of carbonyl (C=O) groups excluding carboxylic acids is 2. The van der Waals surface area contributed by atoms with Crippen LogP contribution in [-0.4, -0.2) is 72.6 Å². The quantitative estimate of drug-likeness (QED) is 0.279. The standard InChI is InChI=1S/C28H44N4O6/c1-17(2)13-20(14-25(33)29-16-26(34)38-9)31(6)28(35)21-15-22(32(30-21)19(5)18(3)4)27-23(36-7)11-10-12-24(27)37-8/h10-12,15,17-20,28,35H,13-14,16H2,1-9H3,(H,29,33)/t19?,20-,28?/m0/s1. The molecule has 212 valence electrons. The van der Waals surface area contributed by atoms with Gasteiger partial charge in [-0.1, -0.05) is 33.8 Å². The Kier molecular flexibility index (Phi) is 11.6. The van der Waals surface area contributed by atoms with E-state index in [1.165, 1.54) is 7.11 Å². The second-order valence-electron chi connectivity index (χ2n) is 10.3. The molecule has 38 heavy (non-hydrogen) atoms. The topological polar surface area (TPSA) is 115 Å². The van der Waals surface area contributed by atoms with E-state index in [0.29, 0.717) is 23.6 Å². The molecular weight excluding hydrogens is 488 g/mol. The summed E-state index contributed by atoms with van der Waals surface area (Å²) >= 11 is 0. The van der Waals surface area contributed by atoms with E-state index in [4.69, 9.17) is 14.6 Å². The molecule has 0 aliphatic carbocycles. The van der Waals surface area contributed by atoms with Gasteiger partial charge in [-0.2, -0.15) is 5.10 Å². The van der Waals surface area contributed by atoms with Crippen molar-refractivity contribution in [2.75, 3.05) is 34.9 Å². The van der Waals surface area contributed by atoms with Crippen LogP contribution < -0.4 is 14.8 Å². The Balaban J connectivity index is 2.47. The van der Waals surface area contributed by atoms with Crippen molar-refractivity contribution in [1.82, 2.24) is 20.0 Å². The molecule has 0 fully saturated rings. The number of methoxy groups -OCH3 is 3. The van der Waals surface area contributed by atoms with Gasteiger partial charge >= 0.3 is 5.97 Å². The zero-order valence-electron chi connectivity index (χ0n) is 24.1. The molecule has 0 bridgehead atoms. The van der Waals surface area contributed by atoms with Crippen molar-refractivity contribution in [3.8, 4) is 22.8 Å². The minimum Gasteiger partial charge on any atom is -0.496 e. The van der Waals surface area contributed by atoms with Crippen LogP contribution in [0.1, 0.15) is 65.4 Å². The molecule has 1 aromatic heterocycles. The van der Waals surface area contributed by atoms with E-state index < -0.39 is 12.2 Å². The maximum atomic E-state index is 12.6. The Morgan fingerprint density at radius 2 is 1.68 bits per heavy atom. The van der Waals surface area contributed by atoms with Gasteiger partial charge in [-0.05, 0) is 50.4 Å². The first-order chi connectivity index (χ1) is 17.9. The van der Waals surface area contributed by atoms with Crippen molar-refractivity contribution >= 4 is 11.9 Å². The van der Waals surface area contributed by atoms with Gasteiger partial charge in [0.15, 0.2) is 6.23 Å². The zero-order chi connectivity index (χ0) is 28.6. The number of hydrogen-bond acceptors (Lipinski definition) is 8. The van der Waals surface area contributed by atoms with Gasteiger partial charge < -0.3 is 24.6 Å². The third-order valence-corrected chi connectivity index (χ3v) is 6.84. The molecule has 3 atom stereocenters. The summed E-state index contributed by atoms with van der Waals surface area (Å²) in [7, 11) is 6.26. The minimum atomic E-state index is -1.08. The Bertz CT molecular complexity index is 1050. The van der Waals surface area contributed by atoms with Gasteiger partial charge in [0.2, 0.25) is 5.91 Å². The largest absolute Gasteiger partial charge is 0.496 e. The summed E-state index contributed by atoms with van der Waals surface area (Å²) in [6.45, 7) is 10.2. The number of carbonyl (C=O) groups is 2. The molecule has 0 aliphatic heterocycles. The SMILES string of the molecule is COC(=O)CNC(=O)C[C@H](CC(C)C)N(C)C(O)c1cc(-c2c(OC)cccc2OC)n(C(C)C(C)C)n1. The van der Waals surface area contributed by atoms with E-state index >= 15 is 0 Å². The second kappa shape index (κ2) is 14.2. The van der Waals surface area contributed by atoms with E-state index in [1.807, 2.05) is 28.9 Å². The second-order valence-corrected chi connectivity index (χ2v) is 10.3. The Morgan fingerprint density at radius 1 is 1.08 bits per heavy atom. The number of aromatic nitrogens is 2. The summed E-state index contributed by atoms with van der Waals surface area (Å²) in [5.41, 5.74) is 1.96. The molecule has 2 N–H and O–H groups in total. The lowest BCUT2D eigenvalue weighted by atomic mass is 9.99. The Hall–Kier alpha value is -3.11. The van der Waals surface area contributed by atoms with Crippen molar-refractivity contribution in [3.05, 3.63) is 30.0 Å². The number of nitrogens with one attached hydrogen (secondary N) is 1. The molecule has 2 rings (SSSR count). The number of nitrogens with zero attached hydrogens (tertiary/aromatic N) is 3. The normalized spacial score (nSPS) is 13.9. The summed E-state index contributed by atoms with van der Waals surface area (Å²) in [4.78, 5) is 25.8. The first kappa shape index (κ1) is 31.1. The van der Waals surface area contributed by atoms with Crippen LogP contribution in [0, 0.1) is 11.8 Å². The first-order valence-corrected chi connectivity index (χ1v) is 13.0. The number of esters is 1. The van der Waals surface area contributed by atoms with E-state index in [0.717, 1.165) is 11.3 Å². The highest BCUT2D eigenvalue weighted by Gasteiger charge is 2.30. The number of aliphatic hydroxyl groups is 1. The van der Waals surface area contributed by atoms with E-state index in [-0.39, 0.29) is 42.8 Å². The first-order valence-electron chi connectivity index (χ1n) is 13.0. The lowest BCUT2D eigenvalue weighted by Gasteiger charge is -2.32. The molecular formula is C28H44N4O6. The monoisotopic (exact) mass is 532 g/mol. The summed E-state index contributed by atoms with van der Waals surface area (Å²) in [6.07, 6.45) is -0.304. The fourth-order valence-corrected chi connectivity index (χ4v) is 4.30. The predicted octanol–water partition coefficient (Wildman–Crippen LogP) is 3.80. The maximum absolute atomic E-state index is 12.6. The van der Waals surface area contributed by atoms with Gasteiger partial charge in [0.1, 0.15) is 23.7 Å². The lowest BCUT2D eigenvalue weighted by molar-refractivity contribution is -0.141. The fraction of sp³-hybridized carbons (Fsp3) is 0.607. The zero-order valence-corrected chi connectivity index (χ0v) is 24.1. The molecule has 0 saturated carbocycles. The molecule has 1 heterocycles. The summed E-state index contributed by atoms with van der Waals surface area (Å²) < 4.78 is 17.8. The number of aliphatic hydroxyl groups excluding tert-OH is 1. The number of benzene rings is 1. The fourth-order valence-electron chi connectivity index (χ4n) is 4.30. The van der Waals surface area contributed by atoms with Crippen molar-refractivity contribution in [2.24, 2.45) is 11.8 Å². The highest BCUT2D eigenvalue weighted by atomic mass is 16.5. The third-order valence-electron chi connectivity index (χ3n) is 6.84. The summed E-state index contributed by atoms with van der Waals surface area (Å²) in [5.74, 6) is 1.00. The number of rotatable bonds is 14. The van der Waals surface area contributed by atoms with Crippen LogP contribution in [0.3, 0.4) is 0 Å². The van der Waals surface area contributed by atoms with Crippen molar-refractivity contribution in [2.45, 2.75) is 65.8 Å². The predicted molar refractivity (Wildman–Crippen MR) is 146 cm³/mol. The highest BCUT2D eigenvalue weighted by molar-refractivity contribution is 5.82. The molecule has 0 saturated heterocycles. The van der Waals surface area contributed by atoms with Crippen molar-refractivity contribution in [3.63, 3.8) is 0 Å². The Labute approximate surface area is 226 Å². The molecule has 0 radical (unpaired) electrons. The highest BCUT2D eigenvalue weighted by Crippen LogP contribution is 2.41. The number of hydrogen-bond donors (Lipinski definition) is 2. The molecule has 1 aromatic carbocycles. The van der Waals surface area contributed by atoms with Gasteiger partial charge in [-0.25, -0.2) is 0 Å². The van der Waals surface area contributed by atoms with Crippen molar-refractivity contribution < 1.29 is 28.9 Å². The van der Waals surface area contributed by atoms with Crippen LogP contribution in [0.4, 0.5) is 0 Å². The number of ether oxygens (including phenoxy) is 3. The molecule has 2 unspecified atom stereocenters. The smallest absolute Gasteiger partial charge is 0.325 e. The van der Waals surface area contributed by atoms with Gasteiger partial charge in [-0.15, -0.1) is 0 Å². The van der Waals surface area contributed by atoms with Gasteiger partial charge in [0, 0.05) is 12.5 Å². The van der Waals surface area contributed by atoms with E-state index in [1.54, 1.807) is 26.2 Å². The molecule has 10 nitrogen and oxygen atoms in total. The molecule has 0 spiro atoms. The third kappa shape index (κ3) is 7.70. The van der Waals surface area contributed by atoms with Crippen molar-refractivity contribution in [1.29, 1.82) is 0 Å². The maximum Gasteiger partial charge on any atom is 0.325 e. The molecule has 10 heteroatoms. The van der Waals surface area contributed by atoms with E-state index in [2.05, 4.69) is 44.7 Å². The molecule has 0 aliphatic rings. The van der Waals surface area contributed by atoms with Gasteiger partial charge in [-0.3, -0.25) is 19.2 Å². The van der Waals surface area contributed by atoms with Gasteiger partial charge in [0.25, 0.3) is 0 Å². The van der Waals surface area contributed by atoms with Crippen LogP contribution in [-0.2, 0) is 14.3 Å². The van der Waals surface area contributed by atoms with Crippen LogP contribution in [0.2, 0.25) is 0 Å². The number of amides is 1. The van der Waals surface area contributed by atoms with E-state index in [9.17, 15) is 14.7 Å². The molecule has 2 aromatic rings. The summed E-state index contributed by atoms with van der Waals surface area (Å²) in [6, 6.07) is 7.16. The minimum absolute atomic E-state index is 0.0152. The summed E-state index contributed by atoms with van der Waals surface area (Å²) in [5, 5.41) is 18.9. The van der Waals surface area contributed by atoms with Crippen LogP contribution in [0.5, 0.6) is 11.5 Å². The average molecular weight is 533 g/mol. The van der Waals surface area contributed by atoms with Gasteiger partial charge in [0.05, 0.1) is 38.6 Å². The Morgan fingerprint density at radius 3 is 2.18 bits per heavy atom. The molecule has 1 amide bonds. The van der Waals surface area contributed by atoms with Crippen LogP contribution in [0.25, 0.3) is 11.3 Å².